The third-order valence-electron chi connectivity index (χ3n) is 4.78. The molecule has 1 aromatic carbocycles. The Kier molecular flexibility index (Phi) is 12.2. The van der Waals surface area contributed by atoms with Gasteiger partial charge >= 0.3 is 0 Å². The van der Waals surface area contributed by atoms with Crippen LogP contribution in [0.15, 0.2) is 34.6 Å². The van der Waals surface area contributed by atoms with Gasteiger partial charge in [-0.05, 0) is 31.5 Å². The molecule has 3 rings (SSSR count). The summed E-state index contributed by atoms with van der Waals surface area (Å²) >= 11 is 1.69. The van der Waals surface area contributed by atoms with E-state index in [0.29, 0.717) is 13.2 Å². The van der Waals surface area contributed by atoms with E-state index >= 15 is 0 Å². The van der Waals surface area contributed by atoms with Crippen molar-refractivity contribution in [1.82, 2.24) is 20.5 Å². The molecule has 2 aromatic rings. The van der Waals surface area contributed by atoms with E-state index in [1.165, 1.54) is 0 Å². The van der Waals surface area contributed by atoms with Crippen molar-refractivity contribution >= 4 is 41.3 Å². The molecule has 1 aromatic heterocycles. The summed E-state index contributed by atoms with van der Waals surface area (Å²) < 4.78 is 11.3. The molecule has 2 N–H and O–H groups in total. The number of benzene rings is 1. The van der Waals surface area contributed by atoms with Crippen LogP contribution in [0, 0.1) is 6.92 Å². The Hall–Kier alpha value is -1.43. The molecule has 0 saturated carbocycles. The minimum atomic E-state index is 0. The average molecular weight is 560 g/mol. The topological polar surface area (TPSA) is 71.0 Å². The number of hydrogen-bond donors (Lipinski definition) is 2. The fourth-order valence-electron chi connectivity index (χ4n) is 3.20. The summed E-state index contributed by atoms with van der Waals surface area (Å²) in [6.07, 6.45) is 0.890. The summed E-state index contributed by atoms with van der Waals surface area (Å²) in [7, 11) is 0. The molecule has 7 nitrogen and oxygen atoms in total. The van der Waals surface area contributed by atoms with Gasteiger partial charge in [-0.15, -0.1) is 35.3 Å². The summed E-state index contributed by atoms with van der Waals surface area (Å²) in [5.74, 6) is 1.72. The number of ether oxygens (including phenoxy) is 2. The lowest BCUT2D eigenvalue weighted by Gasteiger charge is -2.26. The van der Waals surface area contributed by atoms with Crippen molar-refractivity contribution in [1.29, 1.82) is 0 Å². The van der Waals surface area contributed by atoms with Gasteiger partial charge in [0.1, 0.15) is 12.4 Å². The Morgan fingerprint density at radius 1 is 1.29 bits per heavy atom. The molecule has 1 aliphatic rings. The lowest BCUT2D eigenvalue weighted by Crippen LogP contribution is -2.38. The van der Waals surface area contributed by atoms with E-state index in [-0.39, 0.29) is 24.0 Å². The molecule has 0 unspecified atom stereocenters. The Balaban J connectivity index is 0.00000341. The molecule has 1 saturated heterocycles. The Labute approximate surface area is 206 Å². The molecule has 0 aliphatic carbocycles. The number of aryl methyl sites for hydroxylation is 1. The van der Waals surface area contributed by atoms with Gasteiger partial charge < -0.3 is 20.1 Å². The van der Waals surface area contributed by atoms with E-state index in [4.69, 9.17) is 14.5 Å². The van der Waals surface area contributed by atoms with Crippen LogP contribution in [0.1, 0.15) is 23.2 Å². The molecular formula is C22H34IN5O2S. The highest BCUT2D eigenvalue weighted by molar-refractivity contribution is 14.0. The number of rotatable bonds is 10. The van der Waals surface area contributed by atoms with E-state index in [1.54, 1.807) is 11.3 Å². The first-order valence-electron chi connectivity index (χ1n) is 10.7. The van der Waals surface area contributed by atoms with Crippen molar-refractivity contribution < 1.29 is 9.47 Å². The lowest BCUT2D eigenvalue weighted by atomic mass is 10.2. The van der Waals surface area contributed by atoms with Crippen molar-refractivity contribution in [3.63, 3.8) is 0 Å². The second-order valence-corrected chi connectivity index (χ2v) is 8.24. The van der Waals surface area contributed by atoms with Gasteiger partial charge in [0.2, 0.25) is 0 Å². The average Bonchev–Trinajstić information content (AvgIpc) is 3.18. The third kappa shape index (κ3) is 9.71. The van der Waals surface area contributed by atoms with E-state index in [2.05, 4.69) is 45.0 Å². The van der Waals surface area contributed by atoms with Crippen LogP contribution in [0.5, 0.6) is 5.75 Å². The fraction of sp³-hybridized carbons (Fsp3) is 0.545. The number of nitrogens with zero attached hydrogens (tertiary/aromatic N) is 3. The van der Waals surface area contributed by atoms with Gasteiger partial charge in [0.05, 0.1) is 30.5 Å². The zero-order chi connectivity index (χ0) is 21.0. The molecule has 0 amide bonds. The van der Waals surface area contributed by atoms with Gasteiger partial charge in [-0.2, -0.15) is 0 Å². The Bertz CT molecular complexity index is 796. The number of nitrogens with one attached hydrogen (secondary N) is 2. The summed E-state index contributed by atoms with van der Waals surface area (Å²) in [4.78, 5) is 11.6. The van der Waals surface area contributed by atoms with Crippen molar-refractivity contribution in [3.05, 3.63) is 45.9 Å². The van der Waals surface area contributed by atoms with Gasteiger partial charge in [0.15, 0.2) is 5.96 Å². The van der Waals surface area contributed by atoms with Crippen LogP contribution in [0.4, 0.5) is 0 Å². The number of morpholine rings is 1. The number of thiazole rings is 1. The fourth-order valence-corrected chi connectivity index (χ4v) is 3.84. The van der Waals surface area contributed by atoms with Crippen LogP contribution in [-0.2, 0) is 17.7 Å². The molecule has 31 heavy (non-hydrogen) atoms. The second kappa shape index (κ2) is 14.6. The van der Waals surface area contributed by atoms with Crippen LogP contribution < -0.4 is 15.4 Å². The van der Waals surface area contributed by atoms with Crippen molar-refractivity contribution in [2.45, 2.75) is 26.8 Å². The highest BCUT2D eigenvalue weighted by Crippen LogP contribution is 2.14. The molecule has 1 fully saturated rings. The second-order valence-electron chi connectivity index (χ2n) is 7.18. The first kappa shape index (κ1) is 25.8. The maximum Gasteiger partial charge on any atom is 0.191 e. The van der Waals surface area contributed by atoms with Crippen molar-refractivity contribution in [2.75, 3.05) is 52.5 Å². The summed E-state index contributed by atoms with van der Waals surface area (Å²) in [5, 5.41) is 9.92. The number of hydrogen-bond acceptors (Lipinski definition) is 6. The van der Waals surface area contributed by atoms with Crippen molar-refractivity contribution in [3.8, 4) is 5.75 Å². The molecule has 2 heterocycles. The maximum atomic E-state index is 5.95. The van der Waals surface area contributed by atoms with E-state index in [0.717, 1.165) is 80.3 Å². The molecular weight excluding hydrogens is 525 g/mol. The molecule has 0 bridgehead atoms. The summed E-state index contributed by atoms with van der Waals surface area (Å²) in [6, 6.07) is 8.19. The highest BCUT2D eigenvalue weighted by Gasteiger charge is 2.09. The van der Waals surface area contributed by atoms with E-state index < -0.39 is 0 Å². The van der Waals surface area contributed by atoms with Crippen LogP contribution in [-0.4, -0.2) is 68.4 Å². The van der Waals surface area contributed by atoms with Crippen LogP contribution >= 0.6 is 35.3 Å². The summed E-state index contributed by atoms with van der Waals surface area (Å²) in [6.45, 7) is 11.6. The molecule has 172 valence electrons. The quantitative estimate of drug-likeness (QED) is 0.265. The summed E-state index contributed by atoms with van der Waals surface area (Å²) in [5.41, 5.74) is 2.26. The van der Waals surface area contributed by atoms with Gasteiger partial charge in [-0.3, -0.25) is 4.90 Å². The third-order valence-corrected chi connectivity index (χ3v) is 5.60. The largest absolute Gasteiger partial charge is 0.492 e. The Morgan fingerprint density at radius 2 is 2.13 bits per heavy atom. The monoisotopic (exact) mass is 559 g/mol. The van der Waals surface area contributed by atoms with Gasteiger partial charge in [-0.1, -0.05) is 12.1 Å². The molecule has 0 radical (unpaired) electrons. The molecule has 0 atom stereocenters. The zero-order valence-corrected chi connectivity index (χ0v) is 21.6. The number of guanidine groups is 1. The van der Waals surface area contributed by atoms with E-state index in [9.17, 15) is 0 Å². The lowest BCUT2D eigenvalue weighted by molar-refractivity contribution is 0.0322. The van der Waals surface area contributed by atoms with E-state index in [1.807, 2.05) is 19.1 Å². The van der Waals surface area contributed by atoms with Crippen LogP contribution in [0.3, 0.4) is 0 Å². The Morgan fingerprint density at radius 3 is 2.87 bits per heavy atom. The van der Waals surface area contributed by atoms with Gasteiger partial charge in [0.25, 0.3) is 0 Å². The van der Waals surface area contributed by atoms with Crippen LogP contribution in [0.25, 0.3) is 0 Å². The molecule has 9 heteroatoms. The predicted octanol–water partition coefficient (Wildman–Crippen LogP) is 3.08. The van der Waals surface area contributed by atoms with Crippen LogP contribution in [0.2, 0.25) is 0 Å². The molecule has 1 aliphatic heterocycles. The standard InChI is InChI=1S/C22H33N5O2S.HI/c1-3-23-22(24-8-7-20-17-30-18(2)26-20)25-16-19-5-4-6-21(15-19)29-14-11-27-9-12-28-13-10-27;/h4-6,15,17H,3,7-14,16H2,1-2H3,(H2,23,24,25);1H. The SMILES string of the molecule is CCNC(=NCc1cccc(OCCN2CCOCC2)c1)NCCc1csc(C)n1.I. The van der Waals surface area contributed by atoms with Gasteiger partial charge in [-0.25, -0.2) is 9.98 Å². The highest BCUT2D eigenvalue weighted by atomic mass is 127. The molecule has 0 spiro atoms. The predicted molar refractivity (Wildman–Crippen MR) is 138 cm³/mol. The van der Waals surface area contributed by atoms with Crippen molar-refractivity contribution in [2.24, 2.45) is 4.99 Å². The number of halogens is 1. The minimum absolute atomic E-state index is 0. The number of aromatic nitrogens is 1. The smallest absolute Gasteiger partial charge is 0.191 e. The first-order valence-corrected chi connectivity index (χ1v) is 11.6. The minimum Gasteiger partial charge on any atom is -0.492 e. The number of aliphatic imine (C=N–C) groups is 1. The van der Waals surface area contributed by atoms with Gasteiger partial charge in [0, 0.05) is 44.5 Å². The maximum absolute atomic E-state index is 5.95. The normalized spacial score (nSPS) is 14.7. The first-order chi connectivity index (χ1) is 14.7. The zero-order valence-electron chi connectivity index (χ0n) is 18.4.